The van der Waals surface area contributed by atoms with E-state index in [9.17, 15) is 4.79 Å². The number of hydrogen-bond donors (Lipinski definition) is 0. The maximum absolute atomic E-state index is 11.9. The van der Waals surface area contributed by atoms with E-state index in [0.717, 1.165) is 5.56 Å². The SMILES string of the molecule is O=C(Cc1ccc(Cl)cc1Cl)c1ccnnc1. The lowest BCUT2D eigenvalue weighted by Gasteiger charge is -2.03. The fourth-order valence-corrected chi connectivity index (χ4v) is 1.87. The molecule has 1 aromatic heterocycles. The van der Waals surface area contributed by atoms with Crippen molar-refractivity contribution >= 4 is 29.0 Å². The lowest BCUT2D eigenvalue weighted by Crippen LogP contribution is -2.04. The summed E-state index contributed by atoms with van der Waals surface area (Å²) in [4.78, 5) is 11.9. The van der Waals surface area contributed by atoms with Crippen molar-refractivity contribution in [3.05, 3.63) is 57.8 Å². The molecule has 0 fully saturated rings. The second-order valence-corrected chi connectivity index (χ2v) is 4.31. The van der Waals surface area contributed by atoms with Gasteiger partial charge in [0.15, 0.2) is 5.78 Å². The van der Waals surface area contributed by atoms with Crippen LogP contribution in [0.2, 0.25) is 10.0 Å². The summed E-state index contributed by atoms with van der Waals surface area (Å²) in [5, 5.41) is 8.32. The van der Waals surface area contributed by atoms with E-state index in [0.29, 0.717) is 15.6 Å². The second kappa shape index (κ2) is 5.25. The van der Waals surface area contributed by atoms with Crippen LogP contribution in [0, 0.1) is 0 Å². The number of rotatable bonds is 3. The summed E-state index contributed by atoms with van der Waals surface area (Å²) >= 11 is 11.8. The normalized spacial score (nSPS) is 10.2. The van der Waals surface area contributed by atoms with Gasteiger partial charge < -0.3 is 0 Å². The van der Waals surface area contributed by atoms with E-state index in [1.54, 1.807) is 24.3 Å². The van der Waals surface area contributed by atoms with Gasteiger partial charge in [0, 0.05) is 22.0 Å². The predicted octanol–water partition coefficient (Wildman–Crippen LogP) is 3.21. The molecule has 3 nitrogen and oxygen atoms in total. The first-order chi connectivity index (χ1) is 8.16. The Labute approximate surface area is 108 Å². The van der Waals surface area contributed by atoms with Crippen molar-refractivity contribution in [1.29, 1.82) is 0 Å². The largest absolute Gasteiger partial charge is 0.294 e. The van der Waals surface area contributed by atoms with Crippen LogP contribution in [0.1, 0.15) is 15.9 Å². The van der Waals surface area contributed by atoms with Gasteiger partial charge in [-0.2, -0.15) is 10.2 Å². The molecule has 1 heterocycles. The van der Waals surface area contributed by atoms with E-state index in [-0.39, 0.29) is 12.2 Å². The van der Waals surface area contributed by atoms with Crippen molar-refractivity contribution in [2.45, 2.75) is 6.42 Å². The van der Waals surface area contributed by atoms with E-state index in [4.69, 9.17) is 23.2 Å². The van der Waals surface area contributed by atoms with Crippen molar-refractivity contribution in [3.8, 4) is 0 Å². The Kier molecular flexibility index (Phi) is 3.71. The first-order valence-corrected chi connectivity index (χ1v) is 5.66. The number of Topliss-reactive ketones (excluding diaryl/α,β-unsaturated/α-hetero) is 1. The summed E-state index contributed by atoms with van der Waals surface area (Å²) in [5.41, 5.74) is 1.27. The Morgan fingerprint density at radius 2 is 2.00 bits per heavy atom. The van der Waals surface area contributed by atoms with Crippen molar-refractivity contribution < 1.29 is 4.79 Å². The molecule has 0 N–H and O–H groups in total. The number of carbonyl (C=O) groups is 1. The first kappa shape index (κ1) is 12.0. The van der Waals surface area contributed by atoms with Crippen molar-refractivity contribution in [3.63, 3.8) is 0 Å². The van der Waals surface area contributed by atoms with Gasteiger partial charge in [-0.05, 0) is 23.8 Å². The molecule has 0 atom stereocenters. The van der Waals surface area contributed by atoms with Gasteiger partial charge in [0.2, 0.25) is 0 Å². The third kappa shape index (κ3) is 3.02. The molecule has 1 aromatic carbocycles. The molecule has 0 bridgehead atoms. The zero-order chi connectivity index (χ0) is 12.3. The minimum absolute atomic E-state index is 0.0517. The summed E-state index contributed by atoms with van der Waals surface area (Å²) in [7, 11) is 0. The molecule has 0 saturated heterocycles. The van der Waals surface area contributed by atoms with Gasteiger partial charge in [-0.15, -0.1) is 0 Å². The molecule has 0 aliphatic carbocycles. The second-order valence-electron chi connectivity index (χ2n) is 3.47. The zero-order valence-electron chi connectivity index (χ0n) is 8.73. The molecule has 0 aliphatic rings. The maximum atomic E-state index is 11.9. The van der Waals surface area contributed by atoms with Crippen LogP contribution in [0.25, 0.3) is 0 Å². The highest BCUT2D eigenvalue weighted by Gasteiger charge is 2.10. The zero-order valence-corrected chi connectivity index (χ0v) is 10.2. The van der Waals surface area contributed by atoms with Gasteiger partial charge in [0.1, 0.15) is 0 Å². The fraction of sp³-hybridized carbons (Fsp3) is 0.0833. The standard InChI is InChI=1S/C12H8Cl2N2O/c13-10-2-1-8(11(14)6-10)5-12(17)9-3-4-15-16-7-9/h1-4,6-7H,5H2. The molecule has 0 spiro atoms. The quantitative estimate of drug-likeness (QED) is 0.802. The average Bonchev–Trinajstić information content (AvgIpc) is 2.34. The Bertz CT molecular complexity index is 543. The van der Waals surface area contributed by atoms with E-state index in [1.165, 1.54) is 12.4 Å². The van der Waals surface area contributed by atoms with Crippen molar-refractivity contribution in [2.75, 3.05) is 0 Å². The summed E-state index contributed by atoms with van der Waals surface area (Å²) < 4.78 is 0. The fourth-order valence-electron chi connectivity index (χ4n) is 1.40. The Morgan fingerprint density at radius 3 is 2.65 bits per heavy atom. The van der Waals surface area contributed by atoms with Crippen LogP contribution in [0.4, 0.5) is 0 Å². The number of benzene rings is 1. The summed E-state index contributed by atoms with van der Waals surface area (Å²) in [6, 6.07) is 6.70. The number of nitrogens with zero attached hydrogens (tertiary/aromatic N) is 2. The minimum atomic E-state index is -0.0517. The highest BCUT2D eigenvalue weighted by molar-refractivity contribution is 6.35. The van der Waals surface area contributed by atoms with Gasteiger partial charge in [0.05, 0.1) is 12.4 Å². The van der Waals surface area contributed by atoms with Crippen LogP contribution in [0.15, 0.2) is 36.7 Å². The van der Waals surface area contributed by atoms with Gasteiger partial charge in [-0.1, -0.05) is 29.3 Å². The minimum Gasteiger partial charge on any atom is -0.294 e. The van der Waals surface area contributed by atoms with Crippen LogP contribution < -0.4 is 0 Å². The third-order valence-corrected chi connectivity index (χ3v) is 2.86. The topological polar surface area (TPSA) is 42.9 Å². The first-order valence-electron chi connectivity index (χ1n) is 4.90. The Balaban J connectivity index is 2.19. The van der Waals surface area contributed by atoms with Gasteiger partial charge in [-0.3, -0.25) is 4.79 Å². The average molecular weight is 267 g/mol. The molecule has 0 amide bonds. The molecular weight excluding hydrogens is 259 g/mol. The third-order valence-electron chi connectivity index (χ3n) is 2.27. The number of halogens is 2. The molecule has 0 unspecified atom stereocenters. The van der Waals surface area contributed by atoms with Crippen molar-refractivity contribution in [2.24, 2.45) is 0 Å². The van der Waals surface area contributed by atoms with Crippen LogP contribution in [-0.2, 0) is 6.42 Å². The molecule has 5 heteroatoms. The molecule has 86 valence electrons. The van der Waals surface area contributed by atoms with Crippen LogP contribution in [0.3, 0.4) is 0 Å². The smallest absolute Gasteiger partial charge is 0.168 e. The summed E-state index contributed by atoms with van der Waals surface area (Å²) in [6.45, 7) is 0. The van der Waals surface area contributed by atoms with Crippen LogP contribution >= 0.6 is 23.2 Å². The molecule has 0 aliphatic heterocycles. The summed E-state index contributed by atoms with van der Waals surface area (Å²) in [5.74, 6) is -0.0517. The molecule has 17 heavy (non-hydrogen) atoms. The maximum Gasteiger partial charge on any atom is 0.168 e. The molecule has 2 rings (SSSR count). The number of carbonyl (C=O) groups excluding carboxylic acids is 1. The molecule has 0 radical (unpaired) electrons. The van der Waals surface area contributed by atoms with E-state index in [2.05, 4.69) is 10.2 Å². The van der Waals surface area contributed by atoms with Gasteiger partial charge in [-0.25, -0.2) is 0 Å². The monoisotopic (exact) mass is 266 g/mol. The Hall–Kier alpha value is -1.45. The van der Waals surface area contributed by atoms with Crippen LogP contribution in [-0.4, -0.2) is 16.0 Å². The molecular formula is C12H8Cl2N2O. The molecule has 2 aromatic rings. The van der Waals surface area contributed by atoms with E-state index < -0.39 is 0 Å². The van der Waals surface area contributed by atoms with Crippen molar-refractivity contribution in [1.82, 2.24) is 10.2 Å². The lowest BCUT2D eigenvalue weighted by molar-refractivity contribution is 0.0992. The predicted molar refractivity (Wildman–Crippen MR) is 66.5 cm³/mol. The van der Waals surface area contributed by atoms with Gasteiger partial charge in [0.25, 0.3) is 0 Å². The number of aromatic nitrogens is 2. The highest BCUT2D eigenvalue weighted by Crippen LogP contribution is 2.22. The van der Waals surface area contributed by atoms with Crippen LogP contribution in [0.5, 0.6) is 0 Å². The molecule has 0 saturated carbocycles. The van der Waals surface area contributed by atoms with E-state index in [1.807, 2.05) is 0 Å². The van der Waals surface area contributed by atoms with Gasteiger partial charge >= 0.3 is 0 Å². The Morgan fingerprint density at radius 1 is 1.18 bits per heavy atom. The van der Waals surface area contributed by atoms with E-state index >= 15 is 0 Å². The number of ketones is 1. The summed E-state index contributed by atoms with van der Waals surface area (Å²) in [6.07, 6.45) is 3.14. The highest BCUT2D eigenvalue weighted by atomic mass is 35.5. The lowest BCUT2D eigenvalue weighted by atomic mass is 10.0. The number of hydrogen-bond acceptors (Lipinski definition) is 3.